The summed E-state index contributed by atoms with van der Waals surface area (Å²) < 4.78 is 12.6. The third-order valence-electron chi connectivity index (χ3n) is 2.34. The second kappa shape index (κ2) is 4.21. The molecule has 1 N–H and O–H groups in total. The van der Waals surface area contributed by atoms with E-state index < -0.39 is 5.41 Å². The molecule has 0 saturated carbocycles. The average molecular weight is 193 g/mol. The number of benzene rings is 1. The monoisotopic (exact) mass is 193 g/mol. The highest BCUT2D eigenvalue weighted by molar-refractivity contribution is 5.31. The fourth-order valence-corrected chi connectivity index (χ4v) is 1.31. The molecule has 0 radical (unpaired) electrons. The number of hydrogen-bond acceptors (Lipinski definition) is 2. The molecule has 1 aromatic rings. The van der Waals surface area contributed by atoms with Crippen LogP contribution < -0.4 is 0 Å². The summed E-state index contributed by atoms with van der Waals surface area (Å²) in [5.41, 5.74) is -0.00178. The minimum Gasteiger partial charge on any atom is -0.396 e. The maximum Gasteiger partial charge on any atom is 0.123 e. The first-order valence-corrected chi connectivity index (χ1v) is 4.40. The smallest absolute Gasteiger partial charge is 0.123 e. The van der Waals surface area contributed by atoms with Crippen molar-refractivity contribution in [3.05, 3.63) is 35.6 Å². The SMILES string of the molecule is CC(C#N)(CCO)c1ccc(F)cc1. The predicted molar refractivity (Wildman–Crippen MR) is 51.1 cm³/mol. The molecule has 14 heavy (non-hydrogen) atoms. The van der Waals surface area contributed by atoms with E-state index in [1.54, 1.807) is 19.1 Å². The second-order valence-corrected chi connectivity index (χ2v) is 3.42. The van der Waals surface area contributed by atoms with Crippen molar-refractivity contribution >= 4 is 0 Å². The van der Waals surface area contributed by atoms with E-state index in [2.05, 4.69) is 6.07 Å². The van der Waals surface area contributed by atoms with E-state index in [9.17, 15) is 4.39 Å². The van der Waals surface area contributed by atoms with Crippen LogP contribution in [0.1, 0.15) is 18.9 Å². The van der Waals surface area contributed by atoms with E-state index >= 15 is 0 Å². The van der Waals surface area contributed by atoms with E-state index in [0.29, 0.717) is 6.42 Å². The fourth-order valence-electron chi connectivity index (χ4n) is 1.31. The van der Waals surface area contributed by atoms with Crippen LogP contribution in [0, 0.1) is 17.1 Å². The molecule has 3 heteroatoms. The first-order chi connectivity index (χ1) is 6.62. The lowest BCUT2D eigenvalue weighted by Gasteiger charge is -2.20. The van der Waals surface area contributed by atoms with Gasteiger partial charge in [0, 0.05) is 6.61 Å². The number of hydrogen-bond donors (Lipinski definition) is 1. The lowest BCUT2D eigenvalue weighted by molar-refractivity contribution is 0.264. The number of aliphatic hydroxyl groups excluding tert-OH is 1. The van der Waals surface area contributed by atoms with Gasteiger partial charge in [0.1, 0.15) is 5.82 Å². The molecule has 0 heterocycles. The summed E-state index contributed by atoms with van der Waals surface area (Å²) in [6.45, 7) is 1.68. The van der Waals surface area contributed by atoms with E-state index in [1.807, 2.05) is 0 Å². The van der Waals surface area contributed by atoms with E-state index in [1.165, 1.54) is 12.1 Å². The molecule has 1 atom stereocenters. The van der Waals surface area contributed by atoms with Crippen LogP contribution in [0.4, 0.5) is 4.39 Å². The maximum atomic E-state index is 12.6. The highest BCUT2D eigenvalue weighted by atomic mass is 19.1. The van der Waals surface area contributed by atoms with Crippen molar-refractivity contribution in [3.8, 4) is 6.07 Å². The van der Waals surface area contributed by atoms with Gasteiger partial charge in [0.2, 0.25) is 0 Å². The van der Waals surface area contributed by atoms with Crippen LogP contribution in [0.15, 0.2) is 24.3 Å². The Morgan fingerprint density at radius 3 is 2.43 bits per heavy atom. The molecule has 0 aromatic heterocycles. The lowest BCUT2D eigenvalue weighted by Crippen LogP contribution is -2.21. The van der Waals surface area contributed by atoms with Crippen LogP contribution in [0.2, 0.25) is 0 Å². The van der Waals surface area contributed by atoms with E-state index in [-0.39, 0.29) is 12.4 Å². The molecule has 0 aliphatic rings. The Balaban J connectivity index is 3.01. The van der Waals surface area contributed by atoms with Gasteiger partial charge in [-0.15, -0.1) is 0 Å². The molecule has 1 rings (SSSR count). The van der Waals surface area contributed by atoms with Crippen LogP contribution in [-0.2, 0) is 5.41 Å². The summed E-state index contributed by atoms with van der Waals surface area (Å²) >= 11 is 0. The Morgan fingerprint density at radius 1 is 1.43 bits per heavy atom. The van der Waals surface area contributed by atoms with E-state index in [4.69, 9.17) is 10.4 Å². The Labute approximate surface area is 82.6 Å². The summed E-state index contributed by atoms with van der Waals surface area (Å²) in [7, 11) is 0. The number of aliphatic hydroxyl groups is 1. The molecule has 2 nitrogen and oxygen atoms in total. The largest absolute Gasteiger partial charge is 0.396 e. The Kier molecular flexibility index (Phi) is 3.21. The van der Waals surface area contributed by atoms with Crippen molar-refractivity contribution in [2.24, 2.45) is 0 Å². The third kappa shape index (κ3) is 2.09. The molecule has 0 amide bonds. The van der Waals surface area contributed by atoms with Gasteiger partial charge in [0.05, 0.1) is 11.5 Å². The molecule has 0 bridgehead atoms. The number of nitrogens with zero attached hydrogens (tertiary/aromatic N) is 1. The Morgan fingerprint density at radius 2 is 2.00 bits per heavy atom. The summed E-state index contributed by atoms with van der Waals surface area (Å²) in [6.07, 6.45) is 0.356. The molecule has 0 spiro atoms. The summed E-state index contributed by atoms with van der Waals surface area (Å²) in [5, 5.41) is 17.8. The minimum atomic E-state index is -0.734. The summed E-state index contributed by atoms with van der Waals surface area (Å²) in [4.78, 5) is 0. The van der Waals surface area contributed by atoms with Crippen molar-refractivity contribution in [1.29, 1.82) is 5.26 Å². The summed E-state index contributed by atoms with van der Waals surface area (Å²) in [5.74, 6) is -0.321. The topological polar surface area (TPSA) is 44.0 Å². The molecule has 0 aliphatic carbocycles. The van der Waals surface area contributed by atoms with Gasteiger partial charge in [0.25, 0.3) is 0 Å². The van der Waals surface area contributed by atoms with Crippen molar-refractivity contribution in [2.45, 2.75) is 18.8 Å². The zero-order valence-corrected chi connectivity index (χ0v) is 8.00. The van der Waals surface area contributed by atoms with Crippen LogP contribution in [0.5, 0.6) is 0 Å². The number of rotatable bonds is 3. The second-order valence-electron chi connectivity index (χ2n) is 3.42. The van der Waals surface area contributed by atoms with Gasteiger partial charge < -0.3 is 5.11 Å². The van der Waals surface area contributed by atoms with Gasteiger partial charge in [-0.1, -0.05) is 12.1 Å². The van der Waals surface area contributed by atoms with Crippen molar-refractivity contribution in [3.63, 3.8) is 0 Å². The first kappa shape index (κ1) is 10.7. The standard InChI is InChI=1S/C11H12FNO/c1-11(8-13,6-7-14)9-2-4-10(12)5-3-9/h2-5,14H,6-7H2,1H3. The van der Waals surface area contributed by atoms with Crippen LogP contribution in [0.25, 0.3) is 0 Å². The molecule has 1 aromatic carbocycles. The van der Waals surface area contributed by atoms with E-state index in [0.717, 1.165) is 5.56 Å². The van der Waals surface area contributed by atoms with Crippen molar-refractivity contribution in [2.75, 3.05) is 6.61 Å². The highest BCUT2D eigenvalue weighted by Gasteiger charge is 2.25. The number of halogens is 1. The molecule has 0 fully saturated rings. The fraction of sp³-hybridized carbons (Fsp3) is 0.364. The maximum absolute atomic E-state index is 12.6. The zero-order valence-electron chi connectivity index (χ0n) is 8.00. The zero-order chi connectivity index (χ0) is 10.6. The van der Waals surface area contributed by atoms with Gasteiger partial charge in [-0.3, -0.25) is 0 Å². The van der Waals surface area contributed by atoms with Crippen molar-refractivity contribution in [1.82, 2.24) is 0 Å². The number of nitriles is 1. The Bertz CT molecular complexity index is 341. The average Bonchev–Trinajstić information content (AvgIpc) is 2.19. The molecular weight excluding hydrogens is 181 g/mol. The van der Waals surface area contributed by atoms with Gasteiger partial charge >= 0.3 is 0 Å². The minimum absolute atomic E-state index is 0.0541. The molecular formula is C11H12FNO. The van der Waals surface area contributed by atoms with Crippen molar-refractivity contribution < 1.29 is 9.50 Å². The van der Waals surface area contributed by atoms with Gasteiger partial charge in [0.15, 0.2) is 0 Å². The molecule has 1 unspecified atom stereocenters. The first-order valence-electron chi connectivity index (χ1n) is 4.40. The molecule has 0 saturated heterocycles. The normalized spacial score (nSPS) is 14.4. The van der Waals surface area contributed by atoms with Gasteiger partial charge in [-0.25, -0.2) is 4.39 Å². The molecule has 74 valence electrons. The van der Waals surface area contributed by atoms with Gasteiger partial charge in [-0.2, -0.15) is 5.26 Å². The third-order valence-corrected chi connectivity index (χ3v) is 2.34. The predicted octanol–water partition coefficient (Wildman–Crippen LogP) is 1.99. The van der Waals surface area contributed by atoms with Crippen LogP contribution >= 0.6 is 0 Å². The highest BCUT2D eigenvalue weighted by Crippen LogP contribution is 2.26. The summed E-state index contributed by atoms with van der Waals surface area (Å²) in [6, 6.07) is 7.93. The molecule has 0 aliphatic heterocycles. The quantitative estimate of drug-likeness (QED) is 0.797. The van der Waals surface area contributed by atoms with Crippen LogP contribution in [0.3, 0.4) is 0 Å². The lowest BCUT2D eigenvalue weighted by atomic mass is 9.81. The van der Waals surface area contributed by atoms with Gasteiger partial charge in [-0.05, 0) is 31.0 Å². The van der Waals surface area contributed by atoms with Crippen LogP contribution in [-0.4, -0.2) is 11.7 Å². The Hall–Kier alpha value is -1.40.